The summed E-state index contributed by atoms with van der Waals surface area (Å²) in [7, 11) is 3.01. The summed E-state index contributed by atoms with van der Waals surface area (Å²) in [6.45, 7) is 2.27. The molecule has 0 amide bonds. The van der Waals surface area contributed by atoms with Crippen molar-refractivity contribution in [1.29, 1.82) is 0 Å². The quantitative estimate of drug-likeness (QED) is 0.602. The Morgan fingerprint density at radius 3 is 2.45 bits per heavy atom. The number of carbonyl (C=O) groups is 1. The topological polar surface area (TPSA) is 75.0 Å². The number of hydrogen-bond acceptors (Lipinski definition) is 6. The SMILES string of the molecule is CCCOC(=O)Cc1cc(=O)oc2cc(OC)c(OC)cc12. The van der Waals surface area contributed by atoms with E-state index >= 15 is 0 Å². The minimum absolute atomic E-state index is 0.00240. The first kappa shape index (κ1) is 15.9. The van der Waals surface area contributed by atoms with E-state index in [4.69, 9.17) is 18.6 Å². The first-order valence-electron chi connectivity index (χ1n) is 6.93. The van der Waals surface area contributed by atoms with E-state index < -0.39 is 5.63 Å². The van der Waals surface area contributed by atoms with E-state index in [1.807, 2.05) is 6.92 Å². The highest BCUT2D eigenvalue weighted by molar-refractivity contribution is 5.87. The van der Waals surface area contributed by atoms with Crippen LogP contribution in [0.25, 0.3) is 11.0 Å². The molecule has 0 aliphatic heterocycles. The number of benzene rings is 1. The fraction of sp³-hybridized carbons (Fsp3) is 0.375. The summed E-state index contributed by atoms with van der Waals surface area (Å²) in [6.07, 6.45) is 0.742. The van der Waals surface area contributed by atoms with Gasteiger partial charge in [0.2, 0.25) is 0 Å². The van der Waals surface area contributed by atoms with Gasteiger partial charge in [0.1, 0.15) is 5.58 Å². The molecule has 0 aliphatic carbocycles. The van der Waals surface area contributed by atoms with Gasteiger partial charge in [-0.2, -0.15) is 0 Å². The third kappa shape index (κ3) is 3.39. The van der Waals surface area contributed by atoms with Crippen molar-refractivity contribution in [2.24, 2.45) is 0 Å². The molecule has 0 aliphatic rings. The van der Waals surface area contributed by atoms with Gasteiger partial charge in [-0.3, -0.25) is 4.79 Å². The van der Waals surface area contributed by atoms with Crippen molar-refractivity contribution in [3.8, 4) is 11.5 Å². The molecule has 1 aromatic carbocycles. The van der Waals surface area contributed by atoms with Gasteiger partial charge in [0.05, 0.1) is 27.2 Å². The zero-order valence-electron chi connectivity index (χ0n) is 12.8. The minimum atomic E-state index is -0.530. The third-order valence-electron chi connectivity index (χ3n) is 3.14. The summed E-state index contributed by atoms with van der Waals surface area (Å²) in [5.74, 6) is 0.555. The molecule has 0 fully saturated rings. The summed E-state index contributed by atoms with van der Waals surface area (Å²) in [6, 6.07) is 4.54. The van der Waals surface area contributed by atoms with E-state index in [0.29, 0.717) is 34.6 Å². The molecule has 0 bridgehead atoms. The Hall–Kier alpha value is -2.50. The smallest absolute Gasteiger partial charge is 0.336 e. The van der Waals surface area contributed by atoms with Crippen LogP contribution in [0.2, 0.25) is 0 Å². The van der Waals surface area contributed by atoms with E-state index in [1.54, 1.807) is 12.1 Å². The first-order valence-corrected chi connectivity index (χ1v) is 6.93. The van der Waals surface area contributed by atoms with Crippen LogP contribution < -0.4 is 15.1 Å². The van der Waals surface area contributed by atoms with Crippen molar-refractivity contribution in [2.45, 2.75) is 19.8 Å². The minimum Gasteiger partial charge on any atom is -0.493 e. The molecule has 0 radical (unpaired) electrons. The lowest BCUT2D eigenvalue weighted by Gasteiger charge is -2.10. The van der Waals surface area contributed by atoms with Crippen LogP contribution in [0.1, 0.15) is 18.9 Å². The van der Waals surface area contributed by atoms with Crippen LogP contribution >= 0.6 is 0 Å². The van der Waals surface area contributed by atoms with Gasteiger partial charge in [-0.15, -0.1) is 0 Å². The van der Waals surface area contributed by atoms with Gasteiger partial charge in [-0.1, -0.05) is 6.92 Å². The second-order valence-corrected chi connectivity index (χ2v) is 4.69. The Labute approximate surface area is 127 Å². The van der Waals surface area contributed by atoms with Crippen LogP contribution in [-0.4, -0.2) is 26.8 Å². The second kappa shape index (κ2) is 6.98. The summed E-state index contributed by atoms with van der Waals surface area (Å²) >= 11 is 0. The second-order valence-electron chi connectivity index (χ2n) is 4.69. The number of esters is 1. The first-order chi connectivity index (χ1) is 10.6. The summed E-state index contributed by atoms with van der Waals surface area (Å²) in [4.78, 5) is 23.5. The van der Waals surface area contributed by atoms with Gasteiger partial charge in [-0.25, -0.2) is 4.79 Å². The average molecular weight is 306 g/mol. The van der Waals surface area contributed by atoms with Crippen molar-refractivity contribution in [3.63, 3.8) is 0 Å². The maximum atomic E-state index is 11.8. The zero-order valence-corrected chi connectivity index (χ0v) is 12.8. The zero-order chi connectivity index (χ0) is 16.1. The van der Waals surface area contributed by atoms with Crippen LogP contribution in [0.3, 0.4) is 0 Å². The summed E-state index contributed by atoms with van der Waals surface area (Å²) < 4.78 is 20.6. The van der Waals surface area contributed by atoms with Crippen LogP contribution in [0, 0.1) is 0 Å². The lowest BCUT2D eigenvalue weighted by Crippen LogP contribution is -2.11. The molecule has 0 N–H and O–H groups in total. The van der Waals surface area contributed by atoms with Crippen molar-refractivity contribution >= 4 is 16.9 Å². The monoisotopic (exact) mass is 306 g/mol. The molecule has 2 rings (SSSR count). The predicted octanol–water partition coefficient (Wildman–Crippen LogP) is 2.31. The maximum absolute atomic E-state index is 11.8. The lowest BCUT2D eigenvalue weighted by atomic mass is 10.1. The summed E-state index contributed by atoms with van der Waals surface area (Å²) in [5.41, 5.74) is 0.342. The molecule has 1 aromatic heterocycles. The Morgan fingerprint density at radius 1 is 1.14 bits per heavy atom. The molecule has 0 atom stereocenters. The molecule has 118 valence electrons. The number of rotatable bonds is 6. The maximum Gasteiger partial charge on any atom is 0.336 e. The lowest BCUT2D eigenvalue weighted by molar-refractivity contribution is -0.142. The molecule has 6 heteroatoms. The van der Waals surface area contributed by atoms with Crippen LogP contribution in [0.5, 0.6) is 11.5 Å². The highest BCUT2D eigenvalue weighted by atomic mass is 16.5. The van der Waals surface area contributed by atoms with Gasteiger partial charge in [0, 0.05) is 17.5 Å². The number of methoxy groups -OCH3 is 2. The number of carbonyl (C=O) groups excluding carboxylic acids is 1. The molecular formula is C16H18O6. The normalized spacial score (nSPS) is 10.5. The van der Waals surface area contributed by atoms with Crippen molar-refractivity contribution in [1.82, 2.24) is 0 Å². The molecule has 2 aromatic rings. The molecule has 1 heterocycles. The van der Waals surface area contributed by atoms with Gasteiger partial charge in [0.15, 0.2) is 11.5 Å². The Morgan fingerprint density at radius 2 is 1.82 bits per heavy atom. The Kier molecular flexibility index (Phi) is 5.04. The number of hydrogen-bond donors (Lipinski definition) is 0. The van der Waals surface area contributed by atoms with Gasteiger partial charge in [0.25, 0.3) is 0 Å². The highest BCUT2D eigenvalue weighted by Gasteiger charge is 2.14. The average Bonchev–Trinajstić information content (AvgIpc) is 2.51. The van der Waals surface area contributed by atoms with E-state index in [9.17, 15) is 9.59 Å². The van der Waals surface area contributed by atoms with Crippen molar-refractivity contribution < 1.29 is 23.4 Å². The molecule has 0 saturated carbocycles. The number of ether oxygens (including phenoxy) is 3. The molecule has 0 spiro atoms. The van der Waals surface area contributed by atoms with Crippen molar-refractivity contribution in [2.75, 3.05) is 20.8 Å². The molecule has 0 unspecified atom stereocenters. The van der Waals surface area contributed by atoms with Gasteiger partial charge >= 0.3 is 11.6 Å². The standard InChI is InChI=1S/C16H18O6/c1-4-5-21-15(17)6-10-7-16(18)22-12-9-14(20-3)13(19-2)8-11(10)12/h7-9H,4-6H2,1-3H3. The van der Waals surface area contributed by atoms with E-state index in [1.165, 1.54) is 20.3 Å². The fourth-order valence-corrected chi connectivity index (χ4v) is 2.12. The number of fused-ring (bicyclic) bond motifs is 1. The van der Waals surface area contributed by atoms with E-state index in [2.05, 4.69) is 0 Å². The predicted molar refractivity (Wildman–Crippen MR) is 80.5 cm³/mol. The molecule has 6 nitrogen and oxygen atoms in total. The highest BCUT2D eigenvalue weighted by Crippen LogP contribution is 2.33. The third-order valence-corrected chi connectivity index (χ3v) is 3.14. The molecular weight excluding hydrogens is 288 g/mol. The fourth-order valence-electron chi connectivity index (χ4n) is 2.12. The van der Waals surface area contributed by atoms with Crippen molar-refractivity contribution in [3.05, 3.63) is 34.2 Å². The van der Waals surface area contributed by atoms with E-state index in [-0.39, 0.29) is 12.4 Å². The van der Waals surface area contributed by atoms with E-state index in [0.717, 1.165) is 6.42 Å². The van der Waals surface area contributed by atoms with Crippen LogP contribution in [-0.2, 0) is 16.0 Å². The molecule has 0 saturated heterocycles. The van der Waals surface area contributed by atoms with Crippen LogP contribution in [0.15, 0.2) is 27.4 Å². The summed E-state index contributed by atoms with van der Waals surface area (Å²) in [5, 5.41) is 0.616. The Bertz CT molecular complexity index is 731. The largest absolute Gasteiger partial charge is 0.493 e. The van der Waals surface area contributed by atoms with Gasteiger partial charge in [-0.05, 0) is 18.1 Å². The van der Waals surface area contributed by atoms with Gasteiger partial charge < -0.3 is 18.6 Å². The van der Waals surface area contributed by atoms with Crippen LogP contribution in [0.4, 0.5) is 0 Å². The molecule has 22 heavy (non-hydrogen) atoms. The Balaban J connectivity index is 2.48.